The molecule has 0 spiro atoms. The standard InChI is InChI=1S/C14H12F3NO2/c15-14(16,17)20-12-7-3-10(4-8-12)13(18)9-1-5-11(19)6-2-9/h1-8,13,19H,18H2/t13-/m0/s1. The molecule has 0 aromatic heterocycles. The van der Waals surface area contributed by atoms with E-state index in [-0.39, 0.29) is 11.5 Å². The third-order valence-electron chi connectivity index (χ3n) is 2.72. The van der Waals surface area contributed by atoms with Crippen molar-refractivity contribution in [2.24, 2.45) is 5.73 Å². The van der Waals surface area contributed by atoms with Crippen LogP contribution in [0.4, 0.5) is 13.2 Å². The maximum absolute atomic E-state index is 12.0. The van der Waals surface area contributed by atoms with Gasteiger partial charge >= 0.3 is 6.36 Å². The first-order chi connectivity index (χ1) is 9.35. The minimum atomic E-state index is -4.71. The molecule has 0 saturated carbocycles. The van der Waals surface area contributed by atoms with Gasteiger partial charge in [-0.2, -0.15) is 0 Å². The van der Waals surface area contributed by atoms with Gasteiger partial charge in [0.1, 0.15) is 11.5 Å². The Morgan fingerprint density at radius 1 is 0.900 bits per heavy atom. The minimum absolute atomic E-state index is 0.120. The average Bonchev–Trinajstić information content (AvgIpc) is 2.38. The van der Waals surface area contributed by atoms with Gasteiger partial charge in [0.25, 0.3) is 0 Å². The SMILES string of the molecule is N[C@@H](c1ccc(O)cc1)c1ccc(OC(F)(F)F)cc1. The summed E-state index contributed by atoms with van der Waals surface area (Å²) in [6.45, 7) is 0. The van der Waals surface area contributed by atoms with E-state index in [1.807, 2.05) is 0 Å². The van der Waals surface area contributed by atoms with Gasteiger partial charge < -0.3 is 15.6 Å². The normalized spacial score (nSPS) is 13.0. The Bertz CT molecular complexity index is 564. The molecule has 0 radical (unpaired) electrons. The van der Waals surface area contributed by atoms with Crippen molar-refractivity contribution in [2.75, 3.05) is 0 Å². The number of ether oxygens (including phenoxy) is 1. The Labute approximate surface area is 113 Å². The third-order valence-corrected chi connectivity index (χ3v) is 2.72. The summed E-state index contributed by atoms with van der Waals surface area (Å²) >= 11 is 0. The predicted molar refractivity (Wildman–Crippen MR) is 67.3 cm³/mol. The number of alkyl halides is 3. The monoisotopic (exact) mass is 283 g/mol. The van der Waals surface area contributed by atoms with Crippen molar-refractivity contribution >= 4 is 0 Å². The predicted octanol–water partition coefficient (Wildman–Crippen LogP) is 3.34. The number of hydrogen-bond acceptors (Lipinski definition) is 3. The smallest absolute Gasteiger partial charge is 0.508 e. The number of nitrogens with two attached hydrogens (primary N) is 1. The van der Waals surface area contributed by atoms with Crippen LogP contribution in [0, 0.1) is 0 Å². The lowest BCUT2D eigenvalue weighted by molar-refractivity contribution is -0.274. The van der Waals surface area contributed by atoms with Gasteiger partial charge in [-0.15, -0.1) is 13.2 Å². The van der Waals surface area contributed by atoms with Crippen molar-refractivity contribution in [3.63, 3.8) is 0 Å². The molecule has 6 heteroatoms. The highest BCUT2D eigenvalue weighted by Crippen LogP contribution is 2.26. The van der Waals surface area contributed by atoms with E-state index >= 15 is 0 Å². The molecule has 0 fully saturated rings. The summed E-state index contributed by atoms with van der Waals surface area (Å²) in [6, 6.07) is 11.2. The van der Waals surface area contributed by atoms with Crippen molar-refractivity contribution in [1.82, 2.24) is 0 Å². The van der Waals surface area contributed by atoms with E-state index in [2.05, 4.69) is 4.74 Å². The number of aromatic hydroxyl groups is 1. The largest absolute Gasteiger partial charge is 0.573 e. The lowest BCUT2D eigenvalue weighted by atomic mass is 9.99. The van der Waals surface area contributed by atoms with Crippen molar-refractivity contribution in [2.45, 2.75) is 12.4 Å². The van der Waals surface area contributed by atoms with E-state index in [1.54, 1.807) is 12.1 Å². The molecule has 3 nitrogen and oxygen atoms in total. The quantitative estimate of drug-likeness (QED) is 0.908. The maximum atomic E-state index is 12.0. The molecule has 0 heterocycles. The van der Waals surface area contributed by atoms with Crippen LogP contribution in [0.5, 0.6) is 11.5 Å². The van der Waals surface area contributed by atoms with Gasteiger partial charge in [0, 0.05) is 0 Å². The Morgan fingerprint density at radius 2 is 1.35 bits per heavy atom. The molecule has 0 bridgehead atoms. The molecule has 0 aliphatic carbocycles. The summed E-state index contributed by atoms with van der Waals surface area (Å²) in [5, 5.41) is 9.19. The molecule has 1 atom stereocenters. The molecule has 2 aromatic carbocycles. The minimum Gasteiger partial charge on any atom is -0.508 e. The molecule has 2 rings (SSSR count). The average molecular weight is 283 g/mol. The number of benzene rings is 2. The topological polar surface area (TPSA) is 55.5 Å². The summed E-state index contributed by atoms with van der Waals surface area (Å²) in [7, 11) is 0. The van der Waals surface area contributed by atoms with Gasteiger partial charge in [0.2, 0.25) is 0 Å². The number of halogens is 3. The van der Waals surface area contributed by atoms with Gasteiger partial charge in [-0.25, -0.2) is 0 Å². The van der Waals surface area contributed by atoms with Crippen LogP contribution in [0.15, 0.2) is 48.5 Å². The molecule has 0 unspecified atom stereocenters. The second kappa shape index (κ2) is 5.42. The first-order valence-electron chi connectivity index (χ1n) is 5.75. The molecular formula is C14H12F3NO2. The maximum Gasteiger partial charge on any atom is 0.573 e. The van der Waals surface area contributed by atoms with Crippen molar-refractivity contribution in [3.05, 3.63) is 59.7 Å². The summed E-state index contributed by atoms with van der Waals surface area (Å²) in [5.41, 5.74) is 7.39. The third kappa shape index (κ3) is 3.64. The van der Waals surface area contributed by atoms with Gasteiger partial charge in [-0.3, -0.25) is 0 Å². The molecule has 0 saturated heterocycles. The van der Waals surface area contributed by atoms with Crippen molar-refractivity contribution < 1.29 is 23.0 Å². The highest BCUT2D eigenvalue weighted by molar-refractivity contribution is 5.37. The van der Waals surface area contributed by atoms with Crippen LogP contribution >= 0.6 is 0 Å². The first-order valence-corrected chi connectivity index (χ1v) is 5.75. The fourth-order valence-electron chi connectivity index (χ4n) is 1.75. The summed E-state index contributed by atoms with van der Waals surface area (Å²) in [5.74, 6) is -0.172. The van der Waals surface area contributed by atoms with Gasteiger partial charge in [0.15, 0.2) is 0 Å². The zero-order valence-electron chi connectivity index (χ0n) is 10.3. The second-order valence-corrected chi connectivity index (χ2v) is 4.19. The highest BCUT2D eigenvalue weighted by atomic mass is 19.4. The lowest BCUT2D eigenvalue weighted by Crippen LogP contribution is -2.17. The summed E-state index contributed by atoms with van der Waals surface area (Å²) in [4.78, 5) is 0. The fraction of sp³-hybridized carbons (Fsp3) is 0.143. The summed E-state index contributed by atoms with van der Waals surface area (Å²) < 4.78 is 39.9. The second-order valence-electron chi connectivity index (χ2n) is 4.19. The van der Waals surface area contributed by atoms with E-state index in [4.69, 9.17) is 5.73 Å². The number of rotatable bonds is 3. The Hall–Kier alpha value is -2.21. The van der Waals surface area contributed by atoms with Crippen LogP contribution in [0.1, 0.15) is 17.2 Å². The number of phenolic OH excluding ortho intramolecular Hbond substituents is 1. The van der Waals surface area contributed by atoms with Gasteiger partial charge in [-0.1, -0.05) is 24.3 Å². The van der Waals surface area contributed by atoms with Crippen LogP contribution < -0.4 is 10.5 Å². The van der Waals surface area contributed by atoms with E-state index < -0.39 is 12.4 Å². The molecule has 0 amide bonds. The molecule has 2 aromatic rings. The van der Waals surface area contributed by atoms with Crippen molar-refractivity contribution in [1.29, 1.82) is 0 Å². The van der Waals surface area contributed by atoms with Crippen molar-refractivity contribution in [3.8, 4) is 11.5 Å². The van der Waals surface area contributed by atoms with Gasteiger partial charge in [0.05, 0.1) is 6.04 Å². The molecule has 0 aliphatic rings. The molecular weight excluding hydrogens is 271 g/mol. The lowest BCUT2D eigenvalue weighted by Gasteiger charge is -2.14. The zero-order valence-corrected chi connectivity index (χ0v) is 10.3. The van der Waals surface area contributed by atoms with Crippen LogP contribution in [0.3, 0.4) is 0 Å². The highest BCUT2D eigenvalue weighted by Gasteiger charge is 2.31. The van der Waals surface area contributed by atoms with E-state index in [0.717, 1.165) is 5.56 Å². The molecule has 3 N–H and O–H groups in total. The number of hydrogen-bond donors (Lipinski definition) is 2. The number of phenols is 1. The van der Waals surface area contributed by atoms with Gasteiger partial charge in [-0.05, 0) is 35.4 Å². The van der Waals surface area contributed by atoms with Crippen LogP contribution in [-0.2, 0) is 0 Å². The fourth-order valence-corrected chi connectivity index (χ4v) is 1.75. The van der Waals surface area contributed by atoms with E-state index in [1.165, 1.54) is 36.4 Å². The van der Waals surface area contributed by atoms with Crippen LogP contribution in [-0.4, -0.2) is 11.5 Å². The molecule has 106 valence electrons. The Balaban J connectivity index is 2.15. The first kappa shape index (κ1) is 14.2. The van der Waals surface area contributed by atoms with Crippen LogP contribution in [0.2, 0.25) is 0 Å². The molecule has 0 aliphatic heterocycles. The summed E-state index contributed by atoms with van der Waals surface area (Å²) in [6.07, 6.45) is -4.71. The van der Waals surface area contributed by atoms with E-state index in [0.29, 0.717) is 5.56 Å². The molecule has 20 heavy (non-hydrogen) atoms. The van der Waals surface area contributed by atoms with Crippen LogP contribution in [0.25, 0.3) is 0 Å². The zero-order chi connectivity index (χ0) is 14.8. The Morgan fingerprint density at radius 3 is 1.80 bits per heavy atom. The Kier molecular flexibility index (Phi) is 3.85. The van der Waals surface area contributed by atoms with E-state index in [9.17, 15) is 18.3 Å².